The topological polar surface area (TPSA) is 58.6 Å². The molecule has 190 valence electrons. The summed E-state index contributed by atoms with van der Waals surface area (Å²) < 4.78 is 5.97. The molecule has 0 aliphatic heterocycles. The van der Waals surface area contributed by atoms with Crippen LogP contribution in [0.4, 0.5) is 0 Å². The zero-order valence-corrected chi connectivity index (χ0v) is 22.4. The van der Waals surface area contributed by atoms with Crippen LogP contribution in [0.15, 0.2) is 42.5 Å². The molecule has 0 aromatic heterocycles. The van der Waals surface area contributed by atoms with E-state index in [9.17, 15) is 9.59 Å². The third-order valence-electron chi connectivity index (χ3n) is 6.62. The monoisotopic (exact) mass is 518 g/mol. The predicted molar refractivity (Wildman–Crippen MR) is 142 cm³/mol. The minimum atomic E-state index is -0.652. The Morgan fingerprint density at radius 1 is 1.03 bits per heavy atom. The number of hydrogen-bond donors (Lipinski definition) is 1. The lowest BCUT2D eigenvalue weighted by Gasteiger charge is -2.33. The molecule has 0 radical (unpaired) electrons. The summed E-state index contributed by atoms with van der Waals surface area (Å²) in [6.45, 7) is 6.02. The summed E-state index contributed by atoms with van der Waals surface area (Å²) in [7, 11) is 0. The molecule has 0 saturated heterocycles. The second kappa shape index (κ2) is 13.2. The first kappa shape index (κ1) is 27.3. The molecule has 1 N–H and O–H groups in total. The molecule has 1 atom stereocenters. The summed E-state index contributed by atoms with van der Waals surface area (Å²) in [6.07, 6.45) is 5.85. The first-order valence-electron chi connectivity index (χ1n) is 12.6. The van der Waals surface area contributed by atoms with Crippen molar-refractivity contribution < 1.29 is 14.3 Å². The fourth-order valence-electron chi connectivity index (χ4n) is 4.63. The first-order chi connectivity index (χ1) is 16.8. The van der Waals surface area contributed by atoms with E-state index in [2.05, 4.69) is 19.2 Å². The SMILES string of the molecule is CCC(C(=O)NC1CCCCC1)N(Cc1c(Cl)cccc1Cl)C(=O)COc1ccccc1C(C)C. The molecule has 1 unspecified atom stereocenters. The maximum atomic E-state index is 13.6. The number of amides is 2. The molecule has 1 aliphatic rings. The molecule has 3 rings (SSSR count). The van der Waals surface area contributed by atoms with E-state index in [1.54, 1.807) is 23.1 Å². The second-order valence-electron chi connectivity index (χ2n) is 9.47. The molecule has 7 heteroatoms. The van der Waals surface area contributed by atoms with Crippen molar-refractivity contribution in [3.05, 3.63) is 63.6 Å². The van der Waals surface area contributed by atoms with Gasteiger partial charge in [-0.3, -0.25) is 9.59 Å². The highest BCUT2D eigenvalue weighted by atomic mass is 35.5. The third-order valence-corrected chi connectivity index (χ3v) is 7.33. The zero-order chi connectivity index (χ0) is 25.4. The van der Waals surface area contributed by atoms with Crippen LogP contribution in [0.1, 0.15) is 76.3 Å². The van der Waals surface area contributed by atoms with Crippen LogP contribution in [0.25, 0.3) is 0 Å². The Balaban J connectivity index is 1.83. The van der Waals surface area contributed by atoms with Crippen molar-refractivity contribution in [2.45, 2.75) is 83.8 Å². The van der Waals surface area contributed by atoms with Crippen LogP contribution in [0.5, 0.6) is 5.75 Å². The number of rotatable bonds is 10. The fourth-order valence-corrected chi connectivity index (χ4v) is 5.15. The quantitative estimate of drug-likeness (QED) is 0.378. The van der Waals surface area contributed by atoms with E-state index in [1.807, 2.05) is 31.2 Å². The van der Waals surface area contributed by atoms with Gasteiger partial charge in [0.1, 0.15) is 11.8 Å². The van der Waals surface area contributed by atoms with E-state index >= 15 is 0 Å². The number of ether oxygens (including phenoxy) is 1. The van der Waals surface area contributed by atoms with Gasteiger partial charge in [-0.2, -0.15) is 0 Å². The van der Waals surface area contributed by atoms with E-state index in [-0.39, 0.29) is 36.9 Å². The molecule has 2 aromatic rings. The van der Waals surface area contributed by atoms with Crippen molar-refractivity contribution in [3.8, 4) is 5.75 Å². The van der Waals surface area contributed by atoms with Crippen LogP contribution in [0, 0.1) is 0 Å². The average molecular weight is 520 g/mol. The van der Waals surface area contributed by atoms with E-state index in [4.69, 9.17) is 27.9 Å². The van der Waals surface area contributed by atoms with Gasteiger partial charge in [0.25, 0.3) is 5.91 Å². The Labute approximate surface area is 219 Å². The number of para-hydroxylation sites is 1. The summed E-state index contributed by atoms with van der Waals surface area (Å²) in [6, 6.07) is 12.5. The Hall–Kier alpha value is -2.24. The van der Waals surface area contributed by atoms with Gasteiger partial charge in [0, 0.05) is 28.2 Å². The summed E-state index contributed by atoms with van der Waals surface area (Å²) in [5, 5.41) is 4.10. The third kappa shape index (κ3) is 7.37. The molecule has 2 aromatic carbocycles. The van der Waals surface area contributed by atoms with Crippen molar-refractivity contribution in [1.29, 1.82) is 0 Å². The highest BCUT2D eigenvalue weighted by molar-refractivity contribution is 6.36. The highest BCUT2D eigenvalue weighted by Crippen LogP contribution is 2.29. The van der Waals surface area contributed by atoms with Crippen LogP contribution in [0.2, 0.25) is 10.0 Å². The van der Waals surface area contributed by atoms with E-state index in [0.717, 1.165) is 31.2 Å². The van der Waals surface area contributed by atoms with Crippen LogP contribution in [-0.2, 0) is 16.1 Å². The van der Waals surface area contributed by atoms with Gasteiger partial charge in [-0.05, 0) is 48.9 Å². The lowest BCUT2D eigenvalue weighted by Crippen LogP contribution is -2.52. The molecule has 1 fully saturated rings. The summed E-state index contributed by atoms with van der Waals surface area (Å²) in [4.78, 5) is 28.5. The highest BCUT2D eigenvalue weighted by Gasteiger charge is 2.31. The predicted octanol–water partition coefficient (Wildman–Crippen LogP) is 6.75. The Bertz CT molecular complexity index is 985. The molecular weight excluding hydrogens is 483 g/mol. The summed E-state index contributed by atoms with van der Waals surface area (Å²) >= 11 is 12.9. The smallest absolute Gasteiger partial charge is 0.261 e. The van der Waals surface area contributed by atoms with Gasteiger partial charge in [-0.1, -0.05) is 87.5 Å². The molecule has 0 bridgehead atoms. The van der Waals surface area contributed by atoms with Gasteiger partial charge in [0.15, 0.2) is 6.61 Å². The average Bonchev–Trinajstić information content (AvgIpc) is 2.85. The van der Waals surface area contributed by atoms with Gasteiger partial charge in [0.2, 0.25) is 5.91 Å². The number of nitrogens with zero attached hydrogens (tertiary/aromatic N) is 1. The van der Waals surface area contributed by atoms with Crippen LogP contribution < -0.4 is 10.1 Å². The minimum absolute atomic E-state index is 0.128. The van der Waals surface area contributed by atoms with Crippen molar-refractivity contribution in [2.75, 3.05) is 6.61 Å². The molecule has 35 heavy (non-hydrogen) atoms. The van der Waals surface area contributed by atoms with Crippen molar-refractivity contribution in [2.24, 2.45) is 0 Å². The van der Waals surface area contributed by atoms with Gasteiger partial charge in [-0.15, -0.1) is 0 Å². The van der Waals surface area contributed by atoms with Gasteiger partial charge < -0.3 is 15.0 Å². The molecule has 1 saturated carbocycles. The molecule has 5 nitrogen and oxygen atoms in total. The number of carbonyl (C=O) groups excluding carboxylic acids is 2. The Morgan fingerprint density at radius 3 is 2.31 bits per heavy atom. The van der Waals surface area contributed by atoms with Crippen LogP contribution in [0.3, 0.4) is 0 Å². The van der Waals surface area contributed by atoms with Crippen molar-refractivity contribution in [1.82, 2.24) is 10.2 Å². The standard InChI is InChI=1S/C28H36Cl2N2O3/c1-4-25(28(34)31-20-11-6-5-7-12-20)32(17-22-23(29)14-10-15-24(22)30)27(33)18-35-26-16-9-8-13-21(26)19(2)3/h8-10,13-16,19-20,25H,4-7,11-12,17-18H2,1-3H3,(H,31,34). The number of hydrogen-bond acceptors (Lipinski definition) is 3. The van der Waals surface area contributed by atoms with Gasteiger partial charge >= 0.3 is 0 Å². The van der Waals surface area contributed by atoms with Gasteiger partial charge in [0.05, 0.1) is 0 Å². The van der Waals surface area contributed by atoms with Crippen molar-refractivity contribution >= 4 is 35.0 Å². The lowest BCUT2D eigenvalue weighted by molar-refractivity contribution is -0.143. The number of benzene rings is 2. The summed E-state index contributed by atoms with van der Waals surface area (Å²) in [5.74, 6) is 0.499. The minimum Gasteiger partial charge on any atom is -0.483 e. The number of halogens is 2. The lowest BCUT2D eigenvalue weighted by atomic mass is 9.95. The molecule has 1 aliphatic carbocycles. The van der Waals surface area contributed by atoms with E-state index < -0.39 is 6.04 Å². The summed E-state index contributed by atoms with van der Waals surface area (Å²) in [5.41, 5.74) is 1.65. The van der Waals surface area contributed by atoms with Crippen LogP contribution >= 0.6 is 23.2 Å². The molecule has 2 amide bonds. The Kier molecular flexibility index (Phi) is 10.3. The van der Waals surface area contributed by atoms with E-state index in [0.29, 0.717) is 27.8 Å². The van der Waals surface area contributed by atoms with Gasteiger partial charge in [-0.25, -0.2) is 0 Å². The molecule has 0 heterocycles. The normalized spacial score (nSPS) is 15.0. The molecular formula is C28H36Cl2N2O3. The second-order valence-corrected chi connectivity index (χ2v) is 10.3. The fraction of sp³-hybridized carbons (Fsp3) is 0.500. The maximum Gasteiger partial charge on any atom is 0.261 e. The zero-order valence-electron chi connectivity index (χ0n) is 20.9. The maximum absolute atomic E-state index is 13.6. The van der Waals surface area contributed by atoms with E-state index in [1.165, 1.54) is 6.42 Å². The Morgan fingerprint density at radius 2 is 1.69 bits per heavy atom. The number of nitrogens with one attached hydrogen (secondary N) is 1. The first-order valence-corrected chi connectivity index (χ1v) is 13.3. The van der Waals surface area contributed by atoms with Crippen LogP contribution in [-0.4, -0.2) is 35.4 Å². The molecule has 0 spiro atoms. The largest absolute Gasteiger partial charge is 0.483 e. The number of carbonyl (C=O) groups is 2. The van der Waals surface area contributed by atoms with Crippen molar-refractivity contribution in [3.63, 3.8) is 0 Å².